The van der Waals surface area contributed by atoms with E-state index in [1.807, 2.05) is 48.7 Å². The number of nitrogens with zero attached hydrogens (tertiary/aromatic N) is 2. The first-order chi connectivity index (χ1) is 8.25. The normalized spacial score (nSPS) is 10.9. The number of pyridine rings is 1. The standard InChI is InChI=1S/C14H13N3/c1-10-14(11-5-4-6-12(15)9-11)16-13-7-2-3-8-17(10)13/h2-9H,15H2,1H3. The minimum absolute atomic E-state index is 0.763. The maximum absolute atomic E-state index is 5.81. The molecule has 0 aliphatic heterocycles. The van der Waals surface area contributed by atoms with Gasteiger partial charge in [-0.1, -0.05) is 18.2 Å². The van der Waals surface area contributed by atoms with Crippen LogP contribution < -0.4 is 5.73 Å². The van der Waals surface area contributed by atoms with Gasteiger partial charge in [-0.15, -0.1) is 0 Å². The van der Waals surface area contributed by atoms with Gasteiger partial charge in [0, 0.05) is 23.1 Å². The molecule has 3 aromatic rings. The van der Waals surface area contributed by atoms with Crippen LogP contribution >= 0.6 is 0 Å². The molecule has 3 rings (SSSR count). The fourth-order valence-corrected chi connectivity index (χ4v) is 2.08. The summed E-state index contributed by atoms with van der Waals surface area (Å²) < 4.78 is 2.08. The van der Waals surface area contributed by atoms with Crippen LogP contribution in [0.3, 0.4) is 0 Å². The van der Waals surface area contributed by atoms with E-state index >= 15 is 0 Å². The molecule has 3 nitrogen and oxygen atoms in total. The zero-order valence-corrected chi connectivity index (χ0v) is 9.59. The number of hydrogen-bond donors (Lipinski definition) is 1. The molecule has 2 N–H and O–H groups in total. The van der Waals surface area contributed by atoms with E-state index in [4.69, 9.17) is 5.73 Å². The van der Waals surface area contributed by atoms with Gasteiger partial charge in [-0.2, -0.15) is 0 Å². The Morgan fingerprint density at radius 2 is 2.00 bits per heavy atom. The van der Waals surface area contributed by atoms with Gasteiger partial charge in [0.05, 0.1) is 5.69 Å². The molecule has 0 amide bonds. The summed E-state index contributed by atoms with van der Waals surface area (Å²) >= 11 is 0. The summed E-state index contributed by atoms with van der Waals surface area (Å²) in [5, 5.41) is 0. The van der Waals surface area contributed by atoms with Gasteiger partial charge in [-0.3, -0.25) is 0 Å². The Morgan fingerprint density at radius 1 is 1.12 bits per heavy atom. The van der Waals surface area contributed by atoms with E-state index in [0.29, 0.717) is 0 Å². The minimum Gasteiger partial charge on any atom is -0.399 e. The molecule has 0 saturated heterocycles. The van der Waals surface area contributed by atoms with Crippen molar-refractivity contribution in [1.82, 2.24) is 9.38 Å². The van der Waals surface area contributed by atoms with Gasteiger partial charge in [0.15, 0.2) is 0 Å². The Labute approximate surface area is 99.5 Å². The molecule has 0 unspecified atom stereocenters. The topological polar surface area (TPSA) is 43.3 Å². The van der Waals surface area contributed by atoms with Crippen molar-refractivity contribution in [3.63, 3.8) is 0 Å². The number of aromatic nitrogens is 2. The second-order valence-corrected chi connectivity index (χ2v) is 4.10. The first kappa shape index (κ1) is 9.90. The summed E-state index contributed by atoms with van der Waals surface area (Å²) in [6.45, 7) is 2.07. The Morgan fingerprint density at radius 3 is 2.76 bits per heavy atom. The molecular weight excluding hydrogens is 210 g/mol. The summed E-state index contributed by atoms with van der Waals surface area (Å²) in [5.41, 5.74) is 10.7. The van der Waals surface area contributed by atoms with Crippen LogP contribution in [0.4, 0.5) is 5.69 Å². The minimum atomic E-state index is 0.763. The molecule has 84 valence electrons. The number of rotatable bonds is 1. The van der Waals surface area contributed by atoms with E-state index in [0.717, 1.165) is 28.3 Å². The highest BCUT2D eigenvalue weighted by Gasteiger charge is 2.09. The highest BCUT2D eigenvalue weighted by atomic mass is 15.0. The fourth-order valence-electron chi connectivity index (χ4n) is 2.08. The van der Waals surface area contributed by atoms with Gasteiger partial charge in [0.1, 0.15) is 5.65 Å². The fraction of sp³-hybridized carbons (Fsp3) is 0.0714. The van der Waals surface area contributed by atoms with E-state index in [1.54, 1.807) is 0 Å². The van der Waals surface area contributed by atoms with Crippen molar-refractivity contribution in [3.05, 3.63) is 54.4 Å². The Bertz CT molecular complexity index is 683. The van der Waals surface area contributed by atoms with Gasteiger partial charge in [-0.25, -0.2) is 4.98 Å². The van der Waals surface area contributed by atoms with Crippen molar-refractivity contribution in [2.45, 2.75) is 6.92 Å². The largest absolute Gasteiger partial charge is 0.399 e. The Kier molecular flexibility index (Phi) is 2.11. The highest BCUT2D eigenvalue weighted by Crippen LogP contribution is 2.24. The van der Waals surface area contributed by atoms with Gasteiger partial charge in [0.25, 0.3) is 0 Å². The first-order valence-electron chi connectivity index (χ1n) is 5.55. The maximum atomic E-state index is 5.81. The molecule has 0 spiro atoms. The van der Waals surface area contributed by atoms with Crippen molar-refractivity contribution in [1.29, 1.82) is 0 Å². The van der Waals surface area contributed by atoms with Gasteiger partial charge < -0.3 is 10.1 Å². The number of anilines is 1. The van der Waals surface area contributed by atoms with Crippen LogP contribution in [0.1, 0.15) is 5.69 Å². The van der Waals surface area contributed by atoms with Gasteiger partial charge in [-0.05, 0) is 31.2 Å². The molecule has 0 atom stereocenters. The summed E-state index contributed by atoms with van der Waals surface area (Å²) in [5.74, 6) is 0. The molecule has 1 aromatic carbocycles. The summed E-state index contributed by atoms with van der Waals surface area (Å²) in [7, 11) is 0. The van der Waals surface area contributed by atoms with Crippen LogP contribution in [0.2, 0.25) is 0 Å². The molecule has 0 aliphatic carbocycles. The highest BCUT2D eigenvalue weighted by molar-refractivity contribution is 5.69. The Balaban J connectivity index is 2.27. The summed E-state index contributed by atoms with van der Waals surface area (Å²) in [6.07, 6.45) is 2.02. The van der Waals surface area contributed by atoms with Crippen LogP contribution in [-0.4, -0.2) is 9.38 Å². The Hall–Kier alpha value is -2.29. The van der Waals surface area contributed by atoms with Crippen LogP contribution in [0.15, 0.2) is 48.7 Å². The third-order valence-electron chi connectivity index (χ3n) is 2.93. The average molecular weight is 223 g/mol. The van der Waals surface area contributed by atoms with Crippen molar-refractivity contribution in [2.24, 2.45) is 0 Å². The third kappa shape index (κ3) is 1.56. The molecule has 0 radical (unpaired) electrons. The zero-order valence-electron chi connectivity index (χ0n) is 9.59. The molecule has 17 heavy (non-hydrogen) atoms. The lowest BCUT2D eigenvalue weighted by atomic mass is 10.1. The SMILES string of the molecule is Cc1c(-c2cccc(N)c2)nc2ccccn12. The molecular formula is C14H13N3. The summed E-state index contributed by atoms with van der Waals surface area (Å²) in [4.78, 5) is 4.63. The molecule has 0 saturated carbocycles. The second-order valence-electron chi connectivity index (χ2n) is 4.10. The van der Waals surface area contributed by atoms with E-state index < -0.39 is 0 Å². The van der Waals surface area contributed by atoms with E-state index in [2.05, 4.69) is 16.3 Å². The van der Waals surface area contributed by atoms with Gasteiger partial charge >= 0.3 is 0 Å². The summed E-state index contributed by atoms with van der Waals surface area (Å²) in [6, 6.07) is 13.8. The molecule has 2 heterocycles. The van der Waals surface area contributed by atoms with Crippen LogP contribution in [-0.2, 0) is 0 Å². The number of fused-ring (bicyclic) bond motifs is 1. The van der Waals surface area contributed by atoms with Crippen LogP contribution in [0.5, 0.6) is 0 Å². The number of nitrogen functional groups attached to an aromatic ring is 1. The monoisotopic (exact) mass is 223 g/mol. The first-order valence-corrected chi connectivity index (χ1v) is 5.55. The van der Waals surface area contributed by atoms with Gasteiger partial charge in [0.2, 0.25) is 0 Å². The number of benzene rings is 1. The smallest absolute Gasteiger partial charge is 0.137 e. The van der Waals surface area contributed by atoms with Crippen molar-refractivity contribution in [3.8, 4) is 11.3 Å². The predicted molar refractivity (Wildman–Crippen MR) is 69.8 cm³/mol. The van der Waals surface area contributed by atoms with Crippen molar-refractivity contribution >= 4 is 11.3 Å². The zero-order chi connectivity index (χ0) is 11.8. The number of imidazole rings is 1. The molecule has 0 fully saturated rings. The lowest BCUT2D eigenvalue weighted by molar-refractivity contribution is 1.11. The second kappa shape index (κ2) is 3.63. The average Bonchev–Trinajstić information content (AvgIpc) is 2.68. The molecule has 2 aromatic heterocycles. The molecule has 0 aliphatic rings. The number of hydrogen-bond acceptors (Lipinski definition) is 2. The quantitative estimate of drug-likeness (QED) is 0.644. The number of nitrogens with two attached hydrogens (primary N) is 1. The lowest BCUT2D eigenvalue weighted by Gasteiger charge is -2.00. The third-order valence-corrected chi connectivity index (χ3v) is 2.93. The van der Waals surface area contributed by atoms with E-state index in [1.165, 1.54) is 0 Å². The van der Waals surface area contributed by atoms with Crippen molar-refractivity contribution in [2.75, 3.05) is 5.73 Å². The van der Waals surface area contributed by atoms with Crippen LogP contribution in [0.25, 0.3) is 16.9 Å². The maximum Gasteiger partial charge on any atom is 0.137 e. The molecule has 3 heteroatoms. The van der Waals surface area contributed by atoms with E-state index in [9.17, 15) is 0 Å². The van der Waals surface area contributed by atoms with Crippen molar-refractivity contribution < 1.29 is 0 Å². The number of aryl methyl sites for hydroxylation is 1. The lowest BCUT2D eigenvalue weighted by Crippen LogP contribution is -1.88. The van der Waals surface area contributed by atoms with E-state index in [-0.39, 0.29) is 0 Å². The van der Waals surface area contributed by atoms with Crippen LogP contribution in [0, 0.1) is 6.92 Å². The molecule has 0 bridgehead atoms. The predicted octanol–water partition coefficient (Wildman–Crippen LogP) is 2.89.